The maximum absolute atomic E-state index is 12.7. The molecule has 0 bridgehead atoms. The fourth-order valence-electron chi connectivity index (χ4n) is 2.46. The Morgan fingerprint density at radius 2 is 2.00 bits per heavy atom. The maximum Gasteiger partial charge on any atom is 0.243 e. The highest BCUT2D eigenvalue weighted by Crippen LogP contribution is 2.24. The molecule has 132 valence electrons. The van der Waals surface area contributed by atoms with Gasteiger partial charge in [0.05, 0.1) is 6.61 Å². The topological polar surface area (TPSA) is 94.3 Å². The van der Waals surface area contributed by atoms with Crippen LogP contribution in [0.2, 0.25) is 0 Å². The van der Waals surface area contributed by atoms with Crippen molar-refractivity contribution in [1.29, 1.82) is 0 Å². The van der Waals surface area contributed by atoms with Crippen molar-refractivity contribution in [3.05, 3.63) is 48.0 Å². The molecule has 0 saturated heterocycles. The number of hydrogen-bond donors (Lipinski definition) is 1. The summed E-state index contributed by atoms with van der Waals surface area (Å²) in [6, 6.07) is 11.7. The fourth-order valence-corrected chi connectivity index (χ4v) is 3.84. The summed E-state index contributed by atoms with van der Waals surface area (Å²) in [6.45, 7) is 4.42. The first-order valence-electron chi connectivity index (χ1n) is 7.97. The van der Waals surface area contributed by atoms with Crippen LogP contribution in [-0.4, -0.2) is 25.3 Å². The summed E-state index contributed by atoms with van der Waals surface area (Å²) in [7, 11) is -3.79. The molecule has 1 heterocycles. The smallest absolute Gasteiger partial charge is 0.243 e. The molecule has 0 fully saturated rings. The maximum atomic E-state index is 12.7. The summed E-state index contributed by atoms with van der Waals surface area (Å²) in [5.41, 5.74) is 1.41. The van der Waals surface area contributed by atoms with Crippen LogP contribution < -0.4 is 9.46 Å². The van der Waals surface area contributed by atoms with E-state index in [0.29, 0.717) is 17.9 Å². The van der Waals surface area contributed by atoms with Gasteiger partial charge in [0, 0.05) is 6.04 Å². The van der Waals surface area contributed by atoms with Crippen molar-refractivity contribution < 1.29 is 17.8 Å². The summed E-state index contributed by atoms with van der Waals surface area (Å²) in [5, 5.41) is 7.36. The summed E-state index contributed by atoms with van der Waals surface area (Å²) in [4.78, 5) is 0.0384. The molecule has 7 nitrogen and oxygen atoms in total. The van der Waals surface area contributed by atoms with Gasteiger partial charge < -0.3 is 4.74 Å². The predicted octanol–water partition coefficient (Wildman–Crippen LogP) is 3.05. The standard InChI is InChI=1S/C17H19N3O4S/c1-3-10-23-14-7-4-6-13(11-14)12(2)20-25(21,22)16-9-5-8-15-17(16)19-24-18-15/h4-9,11-12,20H,3,10H2,1-2H3. The molecule has 0 radical (unpaired) electrons. The number of ether oxygens (including phenoxy) is 1. The number of hydrogen-bond acceptors (Lipinski definition) is 6. The quantitative estimate of drug-likeness (QED) is 0.695. The van der Waals surface area contributed by atoms with E-state index >= 15 is 0 Å². The highest BCUT2D eigenvalue weighted by molar-refractivity contribution is 7.89. The number of rotatable bonds is 7. The molecule has 0 saturated carbocycles. The first-order valence-corrected chi connectivity index (χ1v) is 9.46. The third-order valence-electron chi connectivity index (χ3n) is 3.70. The Labute approximate surface area is 146 Å². The van der Waals surface area contributed by atoms with Gasteiger partial charge in [0.1, 0.15) is 16.2 Å². The molecule has 3 rings (SSSR count). The molecule has 25 heavy (non-hydrogen) atoms. The molecule has 2 aromatic carbocycles. The van der Waals surface area contributed by atoms with Crippen LogP contribution in [0.4, 0.5) is 0 Å². The average molecular weight is 361 g/mol. The van der Waals surface area contributed by atoms with Gasteiger partial charge in [-0.25, -0.2) is 17.8 Å². The highest BCUT2D eigenvalue weighted by Gasteiger charge is 2.23. The third-order valence-corrected chi connectivity index (χ3v) is 5.27. The van der Waals surface area contributed by atoms with Gasteiger partial charge in [-0.3, -0.25) is 0 Å². The predicted molar refractivity (Wildman–Crippen MR) is 92.8 cm³/mol. The van der Waals surface area contributed by atoms with E-state index in [1.807, 2.05) is 31.2 Å². The molecule has 1 atom stereocenters. The summed E-state index contributed by atoms with van der Waals surface area (Å²) in [6.07, 6.45) is 0.905. The minimum Gasteiger partial charge on any atom is -0.494 e. The van der Waals surface area contributed by atoms with Crippen LogP contribution in [0.25, 0.3) is 11.0 Å². The van der Waals surface area contributed by atoms with Crippen LogP contribution in [0.1, 0.15) is 31.9 Å². The fraction of sp³-hybridized carbons (Fsp3) is 0.294. The number of nitrogens with one attached hydrogen (secondary N) is 1. The number of sulfonamides is 1. The Morgan fingerprint density at radius 3 is 2.80 bits per heavy atom. The number of aromatic nitrogens is 2. The number of fused-ring (bicyclic) bond motifs is 1. The SMILES string of the molecule is CCCOc1cccc(C(C)NS(=O)(=O)c2cccc3nonc23)c1. The van der Waals surface area contributed by atoms with Crippen molar-refractivity contribution >= 4 is 21.1 Å². The first-order chi connectivity index (χ1) is 12.0. The van der Waals surface area contributed by atoms with E-state index in [0.717, 1.165) is 12.0 Å². The molecule has 0 amide bonds. The molecule has 3 aromatic rings. The molecule has 1 unspecified atom stereocenters. The molecule has 0 spiro atoms. The van der Waals surface area contributed by atoms with Gasteiger partial charge >= 0.3 is 0 Å². The van der Waals surface area contributed by atoms with Gasteiger partial charge in [0.2, 0.25) is 10.0 Å². The lowest BCUT2D eigenvalue weighted by Gasteiger charge is -2.16. The van der Waals surface area contributed by atoms with Gasteiger partial charge in [-0.2, -0.15) is 0 Å². The highest BCUT2D eigenvalue weighted by atomic mass is 32.2. The van der Waals surface area contributed by atoms with Crippen LogP contribution >= 0.6 is 0 Å². The van der Waals surface area contributed by atoms with Crippen molar-refractivity contribution in [3.8, 4) is 5.75 Å². The average Bonchev–Trinajstić information content (AvgIpc) is 3.08. The van der Waals surface area contributed by atoms with E-state index < -0.39 is 16.1 Å². The summed E-state index contributed by atoms with van der Waals surface area (Å²) in [5.74, 6) is 0.716. The lowest BCUT2D eigenvalue weighted by atomic mass is 10.1. The van der Waals surface area contributed by atoms with Crippen molar-refractivity contribution in [2.75, 3.05) is 6.61 Å². The van der Waals surface area contributed by atoms with E-state index in [1.54, 1.807) is 19.1 Å². The zero-order chi connectivity index (χ0) is 17.9. The van der Waals surface area contributed by atoms with Crippen LogP contribution in [-0.2, 0) is 10.0 Å². The molecular formula is C17H19N3O4S. The Hall–Kier alpha value is -2.45. The van der Waals surface area contributed by atoms with Crippen LogP contribution in [0.3, 0.4) is 0 Å². The summed E-state index contributed by atoms with van der Waals surface area (Å²) < 4.78 is 38.4. The monoisotopic (exact) mass is 361 g/mol. The van der Waals surface area contributed by atoms with Crippen LogP contribution in [0, 0.1) is 0 Å². The normalized spacial score (nSPS) is 13.0. The summed E-state index contributed by atoms with van der Waals surface area (Å²) >= 11 is 0. The molecule has 1 aromatic heterocycles. The minimum atomic E-state index is -3.79. The van der Waals surface area contributed by atoms with Crippen molar-refractivity contribution in [2.45, 2.75) is 31.2 Å². The van der Waals surface area contributed by atoms with Gasteiger partial charge in [-0.15, -0.1) is 0 Å². The lowest BCUT2D eigenvalue weighted by molar-refractivity contribution is 0.315. The minimum absolute atomic E-state index is 0.0384. The molecule has 8 heteroatoms. The van der Waals surface area contributed by atoms with E-state index in [-0.39, 0.29) is 10.4 Å². The molecule has 0 aliphatic carbocycles. The first kappa shape index (κ1) is 17.4. The molecule has 1 N–H and O–H groups in total. The third kappa shape index (κ3) is 3.80. The van der Waals surface area contributed by atoms with Crippen molar-refractivity contribution in [1.82, 2.24) is 15.0 Å². The molecule has 0 aliphatic rings. The van der Waals surface area contributed by atoms with Gasteiger partial charge in [-0.1, -0.05) is 25.1 Å². The van der Waals surface area contributed by atoms with Crippen molar-refractivity contribution in [2.24, 2.45) is 0 Å². The second-order valence-electron chi connectivity index (χ2n) is 5.65. The lowest BCUT2D eigenvalue weighted by Crippen LogP contribution is -2.27. The van der Waals surface area contributed by atoms with E-state index in [2.05, 4.69) is 19.7 Å². The van der Waals surface area contributed by atoms with Crippen LogP contribution in [0.5, 0.6) is 5.75 Å². The number of nitrogens with zero attached hydrogens (tertiary/aromatic N) is 2. The van der Waals surface area contributed by atoms with Gasteiger partial charge in [0.25, 0.3) is 0 Å². The molecular weight excluding hydrogens is 342 g/mol. The Balaban J connectivity index is 1.84. The second kappa shape index (κ2) is 7.20. The van der Waals surface area contributed by atoms with Crippen LogP contribution in [0.15, 0.2) is 52.0 Å². The van der Waals surface area contributed by atoms with Gasteiger partial charge in [0.15, 0.2) is 5.52 Å². The van der Waals surface area contributed by atoms with E-state index in [1.165, 1.54) is 6.07 Å². The molecule has 0 aliphatic heterocycles. The Kier molecular flexibility index (Phi) is 5.00. The second-order valence-corrected chi connectivity index (χ2v) is 7.33. The van der Waals surface area contributed by atoms with E-state index in [9.17, 15) is 8.42 Å². The zero-order valence-corrected chi connectivity index (χ0v) is 14.8. The Morgan fingerprint density at radius 1 is 1.20 bits per heavy atom. The Bertz CT molecular complexity index is 969. The van der Waals surface area contributed by atoms with Crippen molar-refractivity contribution in [3.63, 3.8) is 0 Å². The van der Waals surface area contributed by atoms with Gasteiger partial charge in [-0.05, 0) is 53.5 Å². The zero-order valence-electron chi connectivity index (χ0n) is 14.0. The van der Waals surface area contributed by atoms with E-state index in [4.69, 9.17) is 4.74 Å². The largest absolute Gasteiger partial charge is 0.494 e. The number of benzene rings is 2.